The van der Waals surface area contributed by atoms with Crippen LogP contribution in [0, 0.1) is 0 Å². The van der Waals surface area contributed by atoms with Gasteiger partial charge in [0.2, 0.25) is 0 Å². The summed E-state index contributed by atoms with van der Waals surface area (Å²) in [7, 11) is 0. The van der Waals surface area contributed by atoms with E-state index in [2.05, 4.69) is 42.6 Å². The van der Waals surface area contributed by atoms with E-state index in [4.69, 9.17) is 4.74 Å². The van der Waals surface area contributed by atoms with Crippen LogP contribution in [-0.2, 0) is 11.3 Å². The zero-order chi connectivity index (χ0) is 18.7. The van der Waals surface area contributed by atoms with Gasteiger partial charge in [0.15, 0.2) is 0 Å². The van der Waals surface area contributed by atoms with Gasteiger partial charge < -0.3 is 9.64 Å². The highest BCUT2D eigenvalue weighted by molar-refractivity contribution is 5.71. The molecule has 0 unspecified atom stereocenters. The second-order valence-electron chi connectivity index (χ2n) is 8.20. The third-order valence-corrected chi connectivity index (χ3v) is 5.65. The summed E-state index contributed by atoms with van der Waals surface area (Å²) in [6, 6.07) is 0.265. The molecule has 3 rings (SSSR count). The first-order valence-corrected chi connectivity index (χ1v) is 9.95. The summed E-state index contributed by atoms with van der Waals surface area (Å²) in [5.41, 5.74) is 0.861. The Hall–Kier alpha value is -1.69. The van der Waals surface area contributed by atoms with Crippen molar-refractivity contribution < 1.29 is 9.53 Å². The average molecular weight is 361 g/mol. The Bertz CT molecular complexity index is 609. The lowest BCUT2D eigenvalue weighted by Crippen LogP contribution is -2.47. The number of ether oxygens (including phenoxy) is 1. The molecule has 6 nitrogen and oxygen atoms in total. The van der Waals surface area contributed by atoms with Crippen LogP contribution in [0.15, 0.2) is 12.4 Å². The van der Waals surface area contributed by atoms with Crippen molar-refractivity contribution in [3.8, 4) is 0 Å². The van der Waals surface area contributed by atoms with Crippen LogP contribution in [0.25, 0.3) is 0 Å². The number of rotatable bonds is 6. The molecule has 0 saturated carbocycles. The van der Waals surface area contributed by atoms with E-state index in [1.165, 1.54) is 0 Å². The molecule has 144 valence electrons. The van der Waals surface area contributed by atoms with Crippen LogP contribution >= 0.6 is 0 Å². The van der Waals surface area contributed by atoms with Crippen LogP contribution in [0.1, 0.15) is 70.7 Å². The summed E-state index contributed by atoms with van der Waals surface area (Å²) in [6.45, 7) is 12.0. The minimum Gasteiger partial charge on any atom is -0.441 e. The van der Waals surface area contributed by atoms with Gasteiger partial charge in [0, 0.05) is 62.4 Å². The highest BCUT2D eigenvalue weighted by Gasteiger charge is 2.47. The minimum absolute atomic E-state index is 0.128. The van der Waals surface area contributed by atoms with Crippen molar-refractivity contribution in [3.63, 3.8) is 0 Å². The van der Waals surface area contributed by atoms with Gasteiger partial charge in [-0.25, -0.2) is 14.8 Å². The van der Waals surface area contributed by atoms with E-state index >= 15 is 0 Å². The van der Waals surface area contributed by atoms with Crippen molar-refractivity contribution in [2.75, 3.05) is 19.6 Å². The predicted octanol–water partition coefficient (Wildman–Crippen LogP) is 3.58. The molecule has 2 fully saturated rings. The third kappa shape index (κ3) is 4.17. The van der Waals surface area contributed by atoms with Crippen LogP contribution in [0.2, 0.25) is 0 Å². The standard InChI is InChI=1S/C20H32N4O2/c1-5-6-16(4)24-14-20(26-19(24)25)7-9-23(10-8-20)13-17-11-21-18(15(2)3)22-12-17/h11-12,15-16H,5-10,13-14H2,1-4H3/t16-/m1/s1. The topological polar surface area (TPSA) is 58.6 Å². The number of piperidine rings is 1. The van der Waals surface area contributed by atoms with Gasteiger partial charge in [-0.15, -0.1) is 0 Å². The molecule has 0 bridgehead atoms. The van der Waals surface area contributed by atoms with Crippen molar-refractivity contribution in [1.29, 1.82) is 0 Å². The Labute approximate surface area is 156 Å². The van der Waals surface area contributed by atoms with E-state index in [0.29, 0.717) is 5.92 Å². The number of hydrogen-bond acceptors (Lipinski definition) is 5. The van der Waals surface area contributed by atoms with E-state index in [1.807, 2.05) is 17.3 Å². The maximum absolute atomic E-state index is 12.3. The van der Waals surface area contributed by atoms with Gasteiger partial charge >= 0.3 is 6.09 Å². The van der Waals surface area contributed by atoms with Gasteiger partial charge in [0.05, 0.1) is 6.54 Å². The first kappa shape index (κ1) is 19.1. The molecule has 1 spiro atoms. The molecule has 2 aliphatic heterocycles. The molecule has 0 aliphatic carbocycles. The van der Waals surface area contributed by atoms with Crippen molar-refractivity contribution in [1.82, 2.24) is 19.8 Å². The summed E-state index contributed by atoms with van der Waals surface area (Å²) in [5.74, 6) is 1.25. The zero-order valence-electron chi connectivity index (χ0n) is 16.6. The summed E-state index contributed by atoms with van der Waals surface area (Å²) in [5, 5.41) is 0. The summed E-state index contributed by atoms with van der Waals surface area (Å²) in [6.07, 6.45) is 7.68. The van der Waals surface area contributed by atoms with Crippen molar-refractivity contribution in [2.24, 2.45) is 0 Å². The first-order chi connectivity index (χ1) is 12.4. The van der Waals surface area contributed by atoms with Crippen LogP contribution in [0.5, 0.6) is 0 Å². The second-order valence-corrected chi connectivity index (χ2v) is 8.20. The number of likely N-dealkylation sites (tertiary alicyclic amines) is 1. The molecule has 1 amide bonds. The highest BCUT2D eigenvalue weighted by Crippen LogP contribution is 2.35. The molecule has 2 saturated heterocycles. The van der Waals surface area contributed by atoms with E-state index in [0.717, 1.165) is 63.3 Å². The maximum Gasteiger partial charge on any atom is 0.410 e. The number of aromatic nitrogens is 2. The fourth-order valence-electron chi connectivity index (χ4n) is 3.94. The molecular formula is C20H32N4O2. The molecule has 26 heavy (non-hydrogen) atoms. The van der Waals surface area contributed by atoms with E-state index in [1.54, 1.807) is 0 Å². The molecular weight excluding hydrogens is 328 g/mol. The van der Waals surface area contributed by atoms with Gasteiger partial charge in [-0.1, -0.05) is 27.2 Å². The van der Waals surface area contributed by atoms with Crippen molar-refractivity contribution >= 4 is 6.09 Å². The fourth-order valence-corrected chi connectivity index (χ4v) is 3.94. The summed E-state index contributed by atoms with van der Waals surface area (Å²) < 4.78 is 5.85. The molecule has 3 heterocycles. The van der Waals surface area contributed by atoms with Gasteiger partial charge in [-0.05, 0) is 13.3 Å². The van der Waals surface area contributed by atoms with Crippen LogP contribution in [0.3, 0.4) is 0 Å². The third-order valence-electron chi connectivity index (χ3n) is 5.65. The number of amides is 1. The molecule has 1 aromatic heterocycles. The quantitative estimate of drug-likeness (QED) is 0.776. The molecule has 1 atom stereocenters. The molecule has 0 radical (unpaired) electrons. The largest absolute Gasteiger partial charge is 0.441 e. The Morgan fingerprint density at radius 2 is 1.85 bits per heavy atom. The summed E-state index contributed by atoms with van der Waals surface area (Å²) in [4.78, 5) is 25.5. The molecule has 0 N–H and O–H groups in total. The first-order valence-electron chi connectivity index (χ1n) is 9.95. The Morgan fingerprint density at radius 1 is 1.19 bits per heavy atom. The molecule has 6 heteroatoms. The lowest BCUT2D eigenvalue weighted by atomic mass is 9.91. The van der Waals surface area contributed by atoms with E-state index < -0.39 is 0 Å². The van der Waals surface area contributed by atoms with Crippen molar-refractivity contribution in [3.05, 3.63) is 23.8 Å². The van der Waals surface area contributed by atoms with E-state index in [9.17, 15) is 4.79 Å². The number of carbonyl (C=O) groups is 1. The lowest BCUT2D eigenvalue weighted by molar-refractivity contribution is -0.00136. The van der Waals surface area contributed by atoms with Gasteiger partial charge in [0.25, 0.3) is 0 Å². The maximum atomic E-state index is 12.3. The van der Waals surface area contributed by atoms with Crippen molar-refractivity contribution in [2.45, 2.75) is 77.5 Å². The predicted molar refractivity (Wildman–Crippen MR) is 101 cm³/mol. The molecule has 0 aromatic carbocycles. The van der Waals surface area contributed by atoms with Crippen LogP contribution in [-0.4, -0.2) is 57.1 Å². The van der Waals surface area contributed by atoms with Crippen LogP contribution < -0.4 is 0 Å². The SMILES string of the molecule is CCC[C@@H](C)N1CC2(CCN(Cc3cnc(C(C)C)nc3)CC2)OC1=O. The van der Waals surface area contributed by atoms with Gasteiger partial charge in [-0.2, -0.15) is 0 Å². The van der Waals surface area contributed by atoms with E-state index in [-0.39, 0.29) is 17.7 Å². The van der Waals surface area contributed by atoms with Gasteiger partial charge in [-0.3, -0.25) is 4.90 Å². The number of carbonyl (C=O) groups excluding carboxylic acids is 1. The number of nitrogens with zero attached hydrogens (tertiary/aromatic N) is 4. The fraction of sp³-hybridized carbons (Fsp3) is 0.750. The highest BCUT2D eigenvalue weighted by atomic mass is 16.6. The minimum atomic E-state index is -0.284. The average Bonchev–Trinajstić information content (AvgIpc) is 2.94. The normalized spacial score (nSPS) is 21.4. The second kappa shape index (κ2) is 7.91. The Kier molecular flexibility index (Phi) is 5.80. The Morgan fingerprint density at radius 3 is 2.42 bits per heavy atom. The van der Waals surface area contributed by atoms with Gasteiger partial charge in [0.1, 0.15) is 11.4 Å². The summed E-state index contributed by atoms with van der Waals surface area (Å²) >= 11 is 0. The monoisotopic (exact) mass is 360 g/mol. The Balaban J connectivity index is 1.53. The van der Waals surface area contributed by atoms with Crippen LogP contribution in [0.4, 0.5) is 4.79 Å². The molecule has 2 aliphatic rings. The lowest BCUT2D eigenvalue weighted by Gasteiger charge is -2.37. The number of hydrogen-bond donors (Lipinski definition) is 0. The smallest absolute Gasteiger partial charge is 0.410 e. The molecule has 1 aromatic rings. The zero-order valence-corrected chi connectivity index (χ0v) is 16.6.